The number of hydrogen-bond donors (Lipinski definition) is 2. The molecule has 3 amide bonds. The van der Waals surface area contributed by atoms with E-state index in [2.05, 4.69) is 20.8 Å². The molecule has 7 nitrogen and oxygen atoms in total. The Morgan fingerprint density at radius 1 is 1.32 bits per heavy atom. The van der Waals surface area contributed by atoms with Crippen LogP contribution in [0.15, 0.2) is 41.8 Å². The van der Waals surface area contributed by atoms with Crippen LogP contribution in [0.1, 0.15) is 17.7 Å². The van der Waals surface area contributed by atoms with E-state index < -0.39 is 17.2 Å². The van der Waals surface area contributed by atoms with E-state index in [0.717, 1.165) is 5.56 Å². The Kier molecular flexibility index (Phi) is 5.54. The van der Waals surface area contributed by atoms with Crippen molar-refractivity contribution in [3.63, 3.8) is 0 Å². The van der Waals surface area contributed by atoms with Gasteiger partial charge in [0.15, 0.2) is 5.16 Å². The molecule has 0 saturated carbocycles. The van der Waals surface area contributed by atoms with Crippen molar-refractivity contribution in [1.82, 2.24) is 25.4 Å². The molecule has 22 heavy (non-hydrogen) atoms. The van der Waals surface area contributed by atoms with Crippen LogP contribution < -0.4 is 10.6 Å². The summed E-state index contributed by atoms with van der Waals surface area (Å²) in [6.45, 7) is 2.67. The molecule has 116 valence electrons. The topological polar surface area (TPSA) is 88.9 Å². The largest absolute Gasteiger partial charge is 0.341 e. The van der Waals surface area contributed by atoms with Crippen LogP contribution in [0.2, 0.25) is 0 Å². The summed E-state index contributed by atoms with van der Waals surface area (Å²) in [5, 5.41) is 12.6. The van der Waals surface area contributed by atoms with Gasteiger partial charge in [-0.3, -0.25) is 10.1 Å². The van der Waals surface area contributed by atoms with Crippen LogP contribution in [-0.4, -0.2) is 33.8 Å². The molecule has 2 aromatic rings. The fraction of sp³-hybridized carbons (Fsp3) is 0.286. The lowest BCUT2D eigenvalue weighted by Crippen LogP contribution is -2.39. The van der Waals surface area contributed by atoms with Gasteiger partial charge >= 0.3 is 6.03 Å². The van der Waals surface area contributed by atoms with Crippen molar-refractivity contribution in [2.45, 2.75) is 23.9 Å². The molecule has 8 heteroatoms. The zero-order valence-corrected chi connectivity index (χ0v) is 13.1. The number of imide groups is 1. The van der Waals surface area contributed by atoms with Gasteiger partial charge in [-0.15, -0.1) is 10.2 Å². The van der Waals surface area contributed by atoms with Gasteiger partial charge in [-0.05, 0) is 12.5 Å². The molecule has 1 heterocycles. The number of rotatable bonds is 5. The highest BCUT2D eigenvalue weighted by Gasteiger charge is 2.25. The molecule has 0 spiro atoms. The first kappa shape index (κ1) is 16.0. The number of nitrogens with one attached hydrogen (secondary N) is 2. The number of nitrogens with zero attached hydrogens (tertiary/aromatic N) is 3. The standard InChI is InChI=1S/C14H17N5O2S/c1-3-19-9-16-18-14(19)22-11(10-7-5-4-6-8-10)12(20)17-13(21)15-2/h4-9,11H,3H2,1-2H3,(H2,15,17,20,21)/t11-/m1/s1. The van der Waals surface area contributed by atoms with E-state index >= 15 is 0 Å². The Morgan fingerprint density at radius 2 is 2.05 bits per heavy atom. The zero-order valence-electron chi connectivity index (χ0n) is 12.3. The van der Waals surface area contributed by atoms with Crippen LogP contribution in [0.3, 0.4) is 0 Å². The molecule has 1 atom stereocenters. The zero-order chi connectivity index (χ0) is 15.9. The van der Waals surface area contributed by atoms with E-state index in [1.807, 2.05) is 41.8 Å². The second-order valence-electron chi connectivity index (χ2n) is 4.38. The van der Waals surface area contributed by atoms with Crippen molar-refractivity contribution in [3.05, 3.63) is 42.2 Å². The summed E-state index contributed by atoms with van der Waals surface area (Å²) in [7, 11) is 1.46. The monoisotopic (exact) mass is 319 g/mol. The molecule has 0 fully saturated rings. The van der Waals surface area contributed by atoms with E-state index in [-0.39, 0.29) is 0 Å². The van der Waals surface area contributed by atoms with Gasteiger partial charge in [-0.2, -0.15) is 0 Å². The second-order valence-corrected chi connectivity index (χ2v) is 5.45. The minimum atomic E-state index is -0.590. The van der Waals surface area contributed by atoms with E-state index in [1.165, 1.54) is 18.8 Å². The van der Waals surface area contributed by atoms with Gasteiger partial charge in [0, 0.05) is 13.6 Å². The lowest BCUT2D eigenvalue weighted by molar-refractivity contribution is -0.119. The summed E-state index contributed by atoms with van der Waals surface area (Å²) in [6, 6.07) is 8.71. The fourth-order valence-electron chi connectivity index (χ4n) is 1.80. The van der Waals surface area contributed by atoms with Crippen molar-refractivity contribution in [2.75, 3.05) is 7.05 Å². The molecule has 0 aliphatic rings. The van der Waals surface area contributed by atoms with Crippen LogP contribution in [0.25, 0.3) is 0 Å². The average molecular weight is 319 g/mol. The Balaban J connectivity index is 2.26. The van der Waals surface area contributed by atoms with Crippen LogP contribution in [-0.2, 0) is 11.3 Å². The normalized spacial score (nSPS) is 11.7. The highest BCUT2D eigenvalue weighted by molar-refractivity contribution is 8.00. The average Bonchev–Trinajstić information content (AvgIpc) is 3.00. The number of hydrogen-bond acceptors (Lipinski definition) is 5. The quantitative estimate of drug-likeness (QED) is 0.817. The van der Waals surface area contributed by atoms with Crippen LogP contribution in [0.4, 0.5) is 4.79 Å². The third-order valence-electron chi connectivity index (χ3n) is 2.95. The number of benzene rings is 1. The summed E-state index contributed by atoms with van der Waals surface area (Å²) < 4.78 is 1.84. The van der Waals surface area contributed by atoms with Crippen molar-refractivity contribution < 1.29 is 9.59 Å². The molecular formula is C14H17N5O2S. The Morgan fingerprint density at radius 3 is 2.68 bits per heavy atom. The molecule has 0 unspecified atom stereocenters. The smallest absolute Gasteiger partial charge is 0.321 e. The van der Waals surface area contributed by atoms with Gasteiger partial charge in [0.1, 0.15) is 11.6 Å². The summed E-state index contributed by atoms with van der Waals surface area (Å²) in [6.07, 6.45) is 1.61. The van der Waals surface area contributed by atoms with Gasteiger partial charge in [-0.1, -0.05) is 42.1 Å². The van der Waals surface area contributed by atoms with E-state index in [4.69, 9.17) is 0 Å². The lowest BCUT2D eigenvalue weighted by Gasteiger charge is -2.16. The predicted molar refractivity (Wildman–Crippen MR) is 83.3 cm³/mol. The molecule has 0 aliphatic heterocycles. The molecule has 2 rings (SSSR count). The van der Waals surface area contributed by atoms with Gasteiger partial charge in [0.2, 0.25) is 5.91 Å². The maximum atomic E-state index is 12.4. The highest BCUT2D eigenvalue weighted by atomic mass is 32.2. The second kappa shape index (κ2) is 7.60. The Labute approximate surface area is 132 Å². The SMILES string of the molecule is CCn1cnnc1S[C@@H](C(=O)NC(=O)NC)c1ccccc1. The third-order valence-corrected chi connectivity index (χ3v) is 4.20. The third kappa shape index (κ3) is 3.85. The predicted octanol–water partition coefficient (Wildman–Crippen LogP) is 1.59. The first-order valence-corrected chi connectivity index (χ1v) is 7.65. The minimum Gasteiger partial charge on any atom is -0.341 e. The van der Waals surface area contributed by atoms with Crippen molar-refractivity contribution >= 4 is 23.7 Å². The number of amides is 3. The molecule has 1 aromatic carbocycles. The summed E-state index contributed by atoms with van der Waals surface area (Å²) in [4.78, 5) is 23.8. The molecule has 2 N–H and O–H groups in total. The summed E-state index contributed by atoms with van der Waals surface area (Å²) in [5.41, 5.74) is 0.791. The molecule has 0 bridgehead atoms. The van der Waals surface area contributed by atoms with Crippen LogP contribution in [0, 0.1) is 0 Å². The van der Waals surface area contributed by atoms with E-state index in [1.54, 1.807) is 6.33 Å². The Hall–Kier alpha value is -2.35. The first-order valence-electron chi connectivity index (χ1n) is 6.77. The fourth-order valence-corrected chi connectivity index (χ4v) is 2.87. The number of urea groups is 1. The van der Waals surface area contributed by atoms with Gasteiger partial charge in [0.25, 0.3) is 0 Å². The van der Waals surface area contributed by atoms with Gasteiger partial charge in [0.05, 0.1) is 0 Å². The first-order chi connectivity index (χ1) is 10.7. The number of carbonyl (C=O) groups excluding carboxylic acids is 2. The summed E-state index contributed by atoms with van der Waals surface area (Å²) in [5.74, 6) is -0.402. The van der Waals surface area contributed by atoms with Gasteiger partial charge < -0.3 is 9.88 Å². The van der Waals surface area contributed by atoms with Crippen molar-refractivity contribution in [2.24, 2.45) is 0 Å². The van der Waals surface area contributed by atoms with E-state index in [9.17, 15) is 9.59 Å². The number of carbonyl (C=O) groups is 2. The molecule has 0 aliphatic carbocycles. The van der Waals surface area contributed by atoms with Crippen LogP contribution >= 0.6 is 11.8 Å². The Bertz CT molecular complexity index is 644. The minimum absolute atomic E-state index is 0.402. The van der Waals surface area contributed by atoms with Gasteiger partial charge in [-0.25, -0.2) is 4.79 Å². The maximum Gasteiger partial charge on any atom is 0.321 e. The maximum absolute atomic E-state index is 12.4. The molecule has 0 saturated heterocycles. The lowest BCUT2D eigenvalue weighted by atomic mass is 10.1. The highest BCUT2D eigenvalue weighted by Crippen LogP contribution is 2.34. The number of aryl methyl sites for hydroxylation is 1. The van der Waals surface area contributed by atoms with Crippen molar-refractivity contribution in [3.8, 4) is 0 Å². The molecular weight excluding hydrogens is 302 g/mol. The molecule has 1 aromatic heterocycles. The number of aromatic nitrogens is 3. The number of thioether (sulfide) groups is 1. The van der Waals surface area contributed by atoms with Crippen LogP contribution in [0.5, 0.6) is 0 Å². The molecule has 0 radical (unpaired) electrons. The van der Waals surface area contributed by atoms with E-state index in [0.29, 0.717) is 11.7 Å². The summed E-state index contributed by atoms with van der Waals surface area (Å²) >= 11 is 1.26. The van der Waals surface area contributed by atoms with Crippen molar-refractivity contribution in [1.29, 1.82) is 0 Å².